The number of carbonyl (C=O) groups is 2. The Kier molecular flexibility index (Phi) is 4.94. The Bertz CT molecular complexity index is 990. The zero-order valence-electron chi connectivity index (χ0n) is 21.4. The summed E-state index contributed by atoms with van der Waals surface area (Å²) in [5.41, 5.74) is -3.33. The Hall–Kier alpha value is -1.28. The molecular formula is C28H40O7. The van der Waals surface area contributed by atoms with Gasteiger partial charge in [-0.05, 0) is 87.2 Å². The molecule has 0 unspecified atom stereocenters. The molecule has 0 aromatic carbocycles. The van der Waals surface area contributed by atoms with E-state index < -0.39 is 40.8 Å². The molecule has 4 aliphatic carbocycles. The molecule has 5 fully saturated rings. The van der Waals surface area contributed by atoms with Crippen LogP contribution in [0.15, 0.2) is 12.2 Å². The average molecular weight is 489 g/mol. The van der Waals surface area contributed by atoms with Crippen LogP contribution in [0.1, 0.15) is 66.7 Å². The fraction of sp³-hybridized carbons (Fsp3) is 0.857. The van der Waals surface area contributed by atoms with Crippen molar-refractivity contribution in [2.24, 2.45) is 46.3 Å². The normalized spacial score (nSPS) is 58.4. The fourth-order valence-corrected chi connectivity index (χ4v) is 9.89. The summed E-state index contributed by atoms with van der Waals surface area (Å²) < 4.78 is 11.9. The molecule has 3 saturated carbocycles. The largest absolute Gasteiger partial charge is 0.459 e. The van der Waals surface area contributed by atoms with E-state index in [0.29, 0.717) is 12.8 Å². The van der Waals surface area contributed by atoms with Crippen molar-refractivity contribution in [3.63, 3.8) is 0 Å². The first kappa shape index (κ1) is 24.1. The zero-order valence-corrected chi connectivity index (χ0v) is 21.4. The quantitative estimate of drug-likeness (QED) is 0.404. The van der Waals surface area contributed by atoms with Crippen LogP contribution in [0.5, 0.6) is 0 Å². The minimum atomic E-state index is -1.36. The third kappa shape index (κ3) is 2.76. The number of carbonyl (C=O) groups excluding carboxylic acids is 2. The summed E-state index contributed by atoms with van der Waals surface area (Å²) in [7, 11) is 0. The van der Waals surface area contributed by atoms with Crippen molar-refractivity contribution in [3.05, 3.63) is 12.2 Å². The summed E-state index contributed by atoms with van der Waals surface area (Å²) in [6, 6.07) is 0. The van der Waals surface area contributed by atoms with E-state index in [9.17, 15) is 24.9 Å². The molecule has 7 heteroatoms. The van der Waals surface area contributed by atoms with Gasteiger partial charge in [-0.2, -0.15) is 0 Å². The lowest BCUT2D eigenvalue weighted by atomic mass is 9.44. The molecule has 0 amide bonds. The van der Waals surface area contributed by atoms with Gasteiger partial charge in [-0.3, -0.25) is 9.59 Å². The van der Waals surface area contributed by atoms with Crippen molar-refractivity contribution in [2.75, 3.05) is 0 Å². The van der Waals surface area contributed by atoms with E-state index >= 15 is 0 Å². The Morgan fingerprint density at radius 1 is 1.09 bits per heavy atom. The van der Waals surface area contributed by atoms with Gasteiger partial charge in [0.05, 0.1) is 23.5 Å². The van der Waals surface area contributed by atoms with Gasteiger partial charge in [-0.15, -0.1) is 0 Å². The van der Waals surface area contributed by atoms with Crippen molar-refractivity contribution in [3.8, 4) is 0 Å². The molecule has 0 bridgehead atoms. The Morgan fingerprint density at radius 2 is 1.80 bits per heavy atom. The van der Waals surface area contributed by atoms with Crippen LogP contribution in [0, 0.1) is 46.3 Å². The monoisotopic (exact) mass is 488 g/mol. The van der Waals surface area contributed by atoms with Crippen LogP contribution in [0.4, 0.5) is 0 Å². The maximum Gasteiger partial charge on any atom is 0.309 e. The van der Waals surface area contributed by atoms with E-state index in [1.165, 1.54) is 6.08 Å². The molecule has 2 aliphatic heterocycles. The summed E-state index contributed by atoms with van der Waals surface area (Å²) >= 11 is 0. The summed E-state index contributed by atoms with van der Waals surface area (Å²) in [5, 5.41) is 34.2. The SMILES string of the molecule is C[C@@H]1C[C@H]([C@](C)(O)[C@H]2[C@@H](O)C[C@H]3[C@@H]4C[C@H]5O[C@]56[C@@H](O)C=CC(=O)[C@]6(C)[C@H]4CC[C@]23C)OC(=O)[C@@H]1C. The lowest BCUT2D eigenvalue weighted by molar-refractivity contribution is -0.209. The Labute approximate surface area is 207 Å². The van der Waals surface area contributed by atoms with Gasteiger partial charge in [0.1, 0.15) is 23.4 Å². The van der Waals surface area contributed by atoms with E-state index in [1.54, 1.807) is 13.0 Å². The van der Waals surface area contributed by atoms with E-state index in [1.807, 2.05) is 20.8 Å². The number of aliphatic hydroxyl groups excluding tert-OH is 2. The van der Waals surface area contributed by atoms with Crippen LogP contribution in [0.3, 0.4) is 0 Å². The third-order valence-corrected chi connectivity index (χ3v) is 12.0. The topological polar surface area (TPSA) is 117 Å². The average Bonchev–Trinajstić information content (AvgIpc) is 3.45. The van der Waals surface area contributed by atoms with E-state index in [4.69, 9.17) is 9.47 Å². The number of rotatable bonds is 2. The second-order valence-corrected chi connectivity index (χ2v) is 13.4. The van der Waals surface area contributed by atoms with E-state index in [0.717, 1.165) is 19.3 Å². The summed E-state index contributed by atoms with van der Waals surface area (Å²) in [6.07, 6.45) is 4.19. The van der Waals surface area contributed by atoms with Gasteiger partial charge in [0.15, 0.2) is 5.78 Å². The van der Waals surface area contributed by atoms with Crippen LogP contribution >= 0.6 is 0 Å². The number of fused-ring (bicyclic) bond motifs is 4. The molecule has 194 valence electrons. The van der Waals surface area contributed by atoms with Crippen molar-refractivity contribution < 1.29 is 34.4 Å². The van der Waals surface area contributed by atoms with E-state index in [-0.39, 0.29) is 52.9 Å². The number of hydrogen-bond acceptors (Lipinski definition) is 7. The minimum Gasteiger partial charge on any atom is -0.459 e. The maximum atomic E-state index is 13.3. The molecule has 2 saturated heterocycles. The predicted molar refractivity (Wildman–Crippen MR) is 126 cm³/mol. The molecule has 6 rings (SSSR count). The molecule has 35 heavy (non-hydrogen) atoms. The number of ether oxygens (including phenoxy) is 2. The van der Waals surface area contributed by atoms with Crippen LogP contribution in [-0.2, 0) is 19.1 Å². The van der Waals surface area contributed by atoms with Crippen molar-refractivity contribution in [1.29, 1.82) is 0 Å². The lowest BCUT2D eigenvalue weighted by Crippen LogP contribution is -2.64. The molecule has 6 aliphatic rings. The maximum absolute atomic E-state index is 13.3. The van der Waals surface area contributed by atoms with Gasteiger partial charge >= 0.3 is 5.97 Å². The van der Waals surface area contributed by atoms with Crippen LogP contribution in [0.2, 0.25) is 0 Å². The fourth-order valence-electron chi connectivity index (χ4n) is 9.89. The van der Waals surface area contributed by atoms with Gasteiger partial charge in [0, 0.05) is 5.92 Å². The van der Waals surface area contributed by atoms with Crippen LogP contribution < -0.4 is 0 Å². The van der Waals surface area contributed by atoms with Crippen molar-refractivity contribution >= 4 is 11.8 Å². The van der Waals surface area contributed by atoms with Crippen LogP contribution in [-0.4, -0.2) is 62.7 Å². The standard InChI is InChI=1S/C28H40O7/c1-13-10-21(34-24(32)14(13)2)27(5,33)23-18(29)12-17-15-11-22-28(35-22)20(31)7-6-19(30)26(28,4)16(15)8-9-25(17,23)3/h6-7,13-18,20-23,29,31,33H,8-12H2,1-5H3/t13-,14-,15-,16+,17+,18+,20+,21-,22-,23+,25+,26+,27+,28-/m1/s1. The molecule has 7 nitrogen and oxygen atoms in total. The molecule has 14 atom stereocenters. The summed E-state index contributed by atoms with van der Waals surface area (Å²) in [6.45, 7) is 9.77. The number of allylic oxidation sites excluding steroid dienone is 1. The number of epoxide rings is 1. The Morgan fingerprint density at radius 3 is 2.49 bits per heavy atom. The molecule has 0 aromatic heterocycles. The van der Waals surface area contributed by atoms with Gasteiger partial charge in [-0.25, -0.2) is 0 Å². The number of aliphatic hydroxyl groups is 3. The first-order valence-corrected chi connectivity index (χ1v) is 13.5. The highest BCUT2D eigenvalue weighted by Gasteiger charge is 2.80. The minimum absolute atomic E-state index is 0.0305. The van der Waals surface area contributed by atoms with Crippen molar-refractivity contribution in [2.45, 2.75) is 102 Å². The van der Waals surface area contributed by atoms with Gasteiger partial charge in [0.25, 0.3) is 0 Å². The van der Waals surface area contributed by atoms with Gasteiger partial charge in [-0.1, -0.05) is 20.8 Å². The van der Waals surface area contributed by atoms with Crippen LogP contribution in [0.25, 0.3) is 0 Å². The zero-order chi connectivity index (χ0) is 25.3. The Balaban J connectivity index is 1.33. The molecule has 0 radical (unpaired) electrons. The number of cyclic esters (lactones) is 1. The predicted octanol–water partition coefficient (Wildman–Crippen LogP) is 2.40. The number of esters is 1. The highest BCUT2D eigenvalue weighted by molar-refractivity contribution is 5.98. The highest BCUT2D eigenvalue weighted by atomic mass is 16.6. The smallest absolute Gasteiger partial charge is 0.309 e. The summed E-state index contributed by atoms with van der Waals surface area (Å²) in [5.74, 6) is -0.472. The molecule has 0 aromatic rings. The molecule has 3 N–H and O–H groups in total. The number of ketones is 1. The van der Waals surface area contributed by atoms with Gasteiger partial charge in [0.2, 0.25) is 0 Å². The lowest BCUT2D eigenvalue weighted by Gasteiger charge is -2.59. The second-order valence-electron chi connectivity index (χ2n) is 13.4. The van der Waals surface area contributed by atoms with E-state index in [2.05, 4.69) is 6.92 Å². The molecule has 2 heterocycles. The number of hydrogen-bond donors (Lipinski definition) is 3. The first-order chi connectivity index (χ1) is 16.3. The second kappa shape index (κ2) is 7.18. The molecular weight excluding hydrogens is 448 g/mol. The van der Waals surface area contributed by atoms with Gasteiger partial charge < -0.3 is 24.8 Å². The highest BCUT2D eigenvalue weighted by Crippen LogP contribution is 2.73. The first-order valence-electron chi connectivity index (χ1n) is 13.5. The van der Waals surface area contributed by atoms with Crippen molar-refractivity contribution in [1.82, 2.24) is 0 Å². The third-order valence-electron chi connectivity index (χ3n) is 12.0. The summed E-state index contributed by atoms with van der Waals surface area (Å²) in [4.78, 5) is 25.8. The molecule has 1 spiro atoms.